The van der Waals surface area contributed by atoms with Gasteiger partial charge in [-0.3, -0.25) is 4.57 Å². The summed E-state index contributed by atoms with van der Waals surface area (Å²) in [4.78, 5) is 17.8. The number of imidazole rings is 1. The maximum Gasteiger partial charge on any atom is 0.348 e. The quantitative estimate of drug-likeness (QED) is 0.332. The Morgan fingerprint density at radius 3 is 2.56 bits per heavy atom. The van der Waals surface area contributed by atoms with Crippen LogP contribution in [0.2, 0.25) is 0 Å². The molecule has 0 amide bonds. The fourth-order valence-corrected chi connectivity index (χ4v) is 4.97. The summed E-state index contributed by atoms with van der Waals surface area (Å²) in [5.41, 5.74) is 5.02. The van der Waals surface area contributed by atoms with Crippen molar-refractivity contribution in [2.45, 2.75) is 26.8 Å². The summed E-state index contributed by atoms with van der Waals surface area (Å²) in [6, 6.07) is 16.3. The van der Waals surface area contributed by atoms with Crippen molar-refractivity contribution in [3.63, 3.8) is 0 Å². The highest BCUT2D eigenvalue weighted by atomic mass is 32.1. The van der Waals surface area contributed by atoms with E-state index in [2.05, 4.69) is 25.6 Å². The maximum absolute atomic E-state index is 12.0. The molecule has 34 heavy (non-hydrogen) atoms. The van der Waals surface area contributed by atoms with Gasteiger partial charge in [-0.1, -0.05) is 55.5 Å². The monoisotopic (exact) mass is 474 g/mol. The molecule has 0 saturated heterocycles. The number of H-pyrrole nitrogens is 1. The zero-order chi connectivity index (χ0) is 23.7. The van der Waals surface area contributed by atoms with Crippen LogP contribution >= 0.6 is 11.3 Å². The number of aromatic nitrogens is 6. The van der Waals surface area contributed by atoms with Crippen molar-refractivity contribution in [3.05, 3.63) is 63.8 Å². The minimum absolute atomic E-state index is 0.260. The van der Waals surface area contributed by atoms with Crippen LogP contribution in [-0.4, -0.2) is 47.9 Å². The molecule has 0 atom stereocenters. The molecule has 0 aliphatic heterocycles. The Kier molecular flexibility index (Phi) is 5.81. The number of benzene rings is 2. The second-order valence-electron chi connectivity index (χ2n) is 7.76. The molecule has 5 aromatic rings. The lowest BCUT2D eigenvalue weighted by molar-refractivity contribution is 0.0703. The number of rotatable bonds is 8. The summed E-state index contributed by atoms with van der Waals surface area (Å²) in [7, 11) is 0. The average Bonchev–Trinajstić information content (AvgIpc) is 3.57. The molecule has 10 heteroatoms. The van der Waals surface area contributed by atoms with Crippen LogP contribution in [0, 0.1) is 6.92 Å². The van der Waals surface area contributed by atoms with E-state index in [0.29, 0.717) is 36.0 Å². The van der Waals surface area contributed by atoms with Crippen LogP contribution in [0.1, 0.15) is 33.5 Å². The number of carboxylic acid groups (broad SMARTS) is 1. The first-order valence-corrected chi connectivity index (χ1v) is 11.7. The minimum Gasteiger partial charge on any atom is -0.477 e. The third kappa shape index (κ3) is 3.81. The fourth-order valence-electron chi connectivity index (χ4n) is 4.03. The van der Waals surface area contributed by atoms with Gasteiger partial charge in [0.1, 0.15) is 10.4 Å². The van der Waals surface area contributed by atoms with Gasteiger partial charge >= 0.3 is 5.97 Å². The van der Waals surface area contributed by atoms with Crippen molar-refractivity contribution < 1.29 is 14.6 Å². The molecule has 2 N–H and O–H groups in total. The van der Waals surface area contributed by atoms with Crippen LogP contribution in [-0.2, 0) is 6.54 Å². The molecule has 172 valence electrons. The van der Waals surface area contributed by atoms with Crippen molar-refractivity contribution in [3.8, 4) is 28.5 Å². The van der Waals surface area contributed by atoms with Crippen LogP contribution < -0.4 is 4.74 Å². The summed E-state index contributed by atoms with van der Waals surface area (Å²) in [6.45, 7) is 4.79. The Balaban J connectivity index is 1.67. The normalized spacial score (nSPS) is 11.2. The van der Waals surface area contributed by atoms with Gasteiger partial charge in [0.25, 0.3) is 6.01 Å². The highest BCUT2D eigenvalue weighted by Gasteiger charge is 2.24. The topological polar surface area (TPSA) is 119 Å². The molecule has 0 saturated carbocycles. The van der Waals surface area contributed by atoms with Gasteiger partial charge in [0.05, 0.1) is 18.7 Å². The van der Waals surface area contributed by atoms with Gasteiger partial charge < -0.3 is 9.84 Å². The molecule has 0 fully saturated rings. The number of carboxylic acids is 1. The first-order chi connectivity index (χ1) is 16.6. The molecule has 5 rings (SSSR count). The summed E-state index contributed by atoms with van der Waals surface area (Å²) < 4.78 is 7.82. The smallest absolute Gasteiger partial charge is 0.348 e. The van der Waals surface area contributed by atoms with E-state index in [1.807, 2.05) is 66.9 Å². The summed E-state index contributed by atoms with van der Waals surface area (Å²) in [6.07, 6.45) is 0.819. The molecule has 0 aliphatic rings. The van der Waals surface area contributed by atoms with E-state index < -0.39 is 5.97 Å². The molecular weight excluding hydrogens is 452 g/mol. The van der Waals surface area contributed by atoms with Crippen LogP contribution in [0.15, 0.2) is 48.5 Å². The number of hydrogen-bond acceptors (Lipinski definition) is 7. The molecule has 0 radical (unpaired) electrons. The van der Waals surface area contributed by atoms with Crippen LogP contribution in [0.4, 0.5) is 0 Å². The van der Waals surface area contributed by atoms with Crippen LogP contribution in [0.5, 0.6) is 6.01 Å². The van der Waals surface area contributed by atoms with E-state index >= 15 is 0 Å². The highest BCUT2D eigenvalue weighted by molar-refractivity contribution is 7.15. The van der Waals surface area contributed by atoms with Gasteiger partial charge in [0, 0.05) is 10.4 Å². The van der Waals surface area contributed by atoms with E-state index in [4.69, 9.17) is 4.74 Å². The summed E-state index contributed by atoms with van der Waals surface area (Å²) in [5.74, 6) is -0.467. The Morgan fingerprint density at radius 1 is 1.12 bits per heavy atom. The standard InChI is InChI=1S/C24H22N6O3S/c1-3-12-33-24-25-19-14(2)34-21(23(31)32)20(19)30(24)13-15-8-4-5-9-16(15)17-10-6-7-11-18(17)22-26-28-29-27-22/h4-11H,3,12-13H2,1-2H3,(H,31,32)(H,26,27,28,29). The minimum atomic E-state index is -0.970. The lowest BCUT2D eigenvalue weighted by Crippen LogP contribution is -2.08. The second-order valence-corrected chi connectivity index (χ2v) is 8.98. The second kappa shape index (κ2) is 9.06. The number of aromatic carboxylic acids is 1. The molecule has 3 aromatic heterocycles. The first-order valence-electron chi connectivity index (χ1n) is 10.8. The SMILES string of the molecule is CCCOc1nc2c(C)sc(C(=O)O)c2n1Cc1ccccc1-c1ccccc1-c1nn[nH]n1. The van der Waals surface area contributed by atoms with Gasteiger partial charge in [-0.2, -0.15) is 10.2 Å². The van der Waals surface area contributed by atoms with E-state index in [-0.39, 0.29) is 4.88 Å². The third-order valence-electron chi connectivity index (χ3n) is 5.52. The van der Waals surface area contributed by atoms with E-state index in [1.165, 1.54) is 11.3 Å². The number of nitrogens with zero attached hydrogens (tertiary/aromatic N) is 5. The zero-order valence-corrected chi connectivity index (χ0v) is 19.5. The maximum atomic E-state index is 12.0. The number of hydrogen-bond donors (Lipinski definition) is 2. The Morgan fingerprint density at radius 2 is 1.85 bits per heavy atom. The molecule has 0 unspecified atom stereocenters. The number of carbonyl (C=O) groups is 1. The van der Waals surface area contributed by atoms with Crippen LogP contribution in [0.3, 0.4) is 0 Å². The molecule has 0 bridgehead atoms. The first kappa shape index (κ1) is 21.8. The number of aryl methyl sites for hydroxylation is 1. The van der Waals surface area contributed by atoms with Gasteiger partial charge in [0.2, 0.25) is 5.82 Å². The number of thiophene rings is 1. The molecule has 0 spiro atoms. The van der Waals surface area contributed by atoms with Crippen molar-refractivity contribution in [2.24, 2.45) is 0 Å². The predicted molar refractivity (Wildman–Crippen MR) is 129 cm³/mol. The third-order valence-corrected chi connectivity index (χ3v) is 6.59. The molecule has 2 aromatic carbocycles. The Labute approximate surface area is 199 Å². The number of aromatic amines is 1. The van der Waals surface area contributed by atoms with Crippen LogP contribution in [0.25, 0.3) is 33.5 Å². The number of ether oxygens (including phenoxy) is 1. The number of tetrazole rings is 1. The lowest BCUT2D eigenvalue weighted by Gasteiger charge is -2.15. The average molecular weight is 475 g/mol. The largest absolute Gasteiger partial charge is 0.477 e. The Hall–Kier alpha value is -4.05. The van der Waals surface area contributed by atoms with Crippen molar-refractivity contribution in [1.82, 2.24) is 30.2 Å². The van der Waals surface area contributed by atoms with Crippen molar-refractivity contribution >= 4 is 28.3 Å². The lowest BCUT2D eigenvalue weighted by atomic mass is 9.95. The number of fused-ring (bicyclic) bond motifs is 1. The highest BCUT2D eigenvalue weighted by Crippen LogP contribution is 2.37. The number of nitrogens with one attached hydrogen (secondary N) is 1. The molecule has 0 aliphatic carbocycles. The Bertz CT molecular complexity index is 1470. The van der Waals surface area contributed by atoms with Crippen molar-refractivity contribution in [1.29, 1.82) is 0 Å². The van der Waals surface area contributed by atoms with Gasteiger partial charge in [0.15, 0.2) is 0 Å². The molecule has 9 nitrogen and oxygen atoms in total. The van der Waals surface area contributed by atoms with E-state index in [0.717, 1.165) is 33.6 Å². The summed E-state index contributed by atoms with van der Waals surface area (Å²) >= 11 is 1.24. The van der Waals surface area contributed by atoms with Gasteiger partial charge in [-0.25, -0.2) is 4.79 Å². The fraction of sp³-hybridized carbons (Fsp3) is 0.208. The zero-order valence-electron chi connectivity index (χ0n) is 18.6. The van der Waals surface area contributed by atoms with E-state index in [1.54, 1.807) is 0 Å². The van der Waals surface area contributed by atoms with Gasteiger partial charge in [-0.15, -0.1) is 21.5 Å². The predicted octanol–water partition coefficient (Wildman–Crippen LogP) is 4.79. The van der Waals surface area contributed by atoms with Gasteiger partial charge in [-0.05, 0) is 35.2 Å². The van der Waals surface area contributed by atoms with E-state index in [9.17, 15) is 9.90 Å². The molecule has 3 heterocycles. The molecular formula is C24H22N6O3S. The van der Waals surface area contributed by atoms with Crippen molar-refractivity contribution in [2.75, 3.05) is 6.61 Å². The summed E-state index contributed by atoms with van der Waals surface area (Å²) in [5, 5.41) is 24.4.